The Morgan fingerprint density at radius 1 is 0.302 bits per heavy atom. The Bertz CT molecular complexity index is 558. The van der Waals surface area contributed by atoms with E-state index in [9.17, 15) is 0 Å². The van der Waals surface area contributed by atoms with E-state index in [1.54, 1.807) is 0 Å². The molecule has 0 aliphatic carbocycles. The molecule has 1 heterocycles. The van der Waals surface area contributed by atoms with Gasteiger partial charge in [-0.25, -0.2) is 0 Å². The van der Waals surface area contributed by atoms with Gasteiger partial charge in [0.15, 0.2) is 0 Å². The molecule has 256 valence electrons. The molecular formula is C41H82N2. The SMILES string of the molecule is CCCCCCCCCCCCCCCCC1N(CCCCCCC)C=CN1CCCCCCCCCCCCCCC. The molecule has 0 saturated carbocycles. The van der Waals surface area contributed by atoms with Crippen molar-refractivity contribution in [3.63, 3.8) is 0 Å². The first kappa shape index (κ1) is 40.4. The first-order valence-corrected chi connectivity index (χ1v) is 20.5. The van der Waals surface area contributed by atoms with Gasteiger partial charge in [0.05, 0.1) is 0 Å². The molecule has 2 heteroatoms. The fourth-order valence-electron chi connectivity index (χ4n) is 7.07. The van der Waals surface area contributed by atoms with Crippen LogP contribution in [0.25, 0.3) is 0 Å². The van der Waals surface area contributed by atoms with Crippen molar-refractivity contribution in [2.45, 2.75) is 239 Å². The summed E-state index contributed by atoms with van der Waals surface area (Å²) in [7, 11) is 0. The van der Waals surface area contributed by atoms with Gasteiger partial charge in [-0.3, -0.25) is 0 Å². The van der Waals surface area contributed by atoms with Crippen molar-refractivity contribution in [3.05, 3.63) is 12.4 Å². The lowest BCUT2D eigenvalue weighted by Gasteiger charge is -2.33. The minimum Gasteiger partial charge on any atom is -0.356 e. The van der Waals surface area contributed by atoms with Crippen molar-refractivity contribution < 1.29 is 0 Å². The van der Waals surface area contributed by atoms with E-state index in [-0.39, 0.29) is 0 Å². The van der Waals surface area contributed by atoms with E-state index in [2.05, 4.69) is 43.0 Å². The summed E-state index contributed by atoms with van der Waals surface area (Å²) in [6.07, 6.45) is 52.9. The first-order chi connectivity index (χ1) is 21.3. The molecule has 0 saturated heterocycles. The van der Waals surface area contributed by atoms with Crippen LogP contribution in [0.15, 0.2) is 12.4 Å². The maximum absolute atomic E-state index is 2.72. The summed E-state index contributed by atoms with van der Waals surface area (Å²) in [4.78, 5) is 5.42. The van der Waals surface area contributed by atoms with Gasteiger partial charge < -0.3 is 9.80 Å². The average molecular weight is 603 g/mol. The van der Waals surface area contributed by atoms with Crippen LogP contribution in [0.5, 0.6) is 0 Å². The molecule has 0 aromatic heterocycles. The molecule has 0 aromatic rings. The predicted octanol–water partition coefficient (Wildman–Crippen LogP) is 14.3. The van der Waals surface area contributed by atoms with Crippen molar-refractivity contribution in [3.8, 4) is 0 Å². The molecule has 0 bridgehead atoms. The van der Waals surface area contributed by atoms with Crippen LogP contribution in [0, 0.1) is 0 Å². The van der Waals surface area contributed by atoms with E-state index >= 15 is 0 Å². The summed E-state index contributed by atoms with van der Waals surface area (Å²) >= 11 is 0. The molecule has 0 spiro atoms. The van der Waals surface area contributed by atoms with Crippen LogP contribution in [0.1, 0.15) is 233 Å². The van der Waals surface area contributed by atoms with Gasteiger partial charge >= 0.3 is 0 Å². The van der Waals surface area contributed by atoms with Crippen molar-refractivity contribution in [2.75, 3.05) is 13.1 Å². The summed E-state index contributed by atoms with van der Waals surface area (Å²) in [5.41, 5.74) is 0. The van der Waals surface area contributed by atoms with E-state index in [0.717, 1.165) is 0 Å². The first-order valence-electron chi connectivity index (χ1n) is 20.5. The van der Waals surface area contributed by atoms with Crippen LogP contribution >= 0.6 is 0 Å². The average Bonchev–Trinajstić information content (AvgIpc) is 3.40. The molecule has 1 aliphatic rings. The molecule has 0 aromatic carbocycles. The molecule has 1 atom stereocenters. The summed E-state index contributed by atoms with van der Waals surface area (Å²) < 4.78 is 0. The molecule has 1 rings (SSSR count). The third-order valence-electron chi connectivity index (χ3n) is 10.1. The smallest absolute Gasteiger partial charge is 0.101 e. The Morgan fingerprint density at radius 3 is 0.814 bits per heavy atom. The zero-order valence-corrected chi connectivity index (χ0v) is 30.4. The summed E-state index contributed by atoms with van der Waals surface area (Å²) in [5.74, 6) is 0. The van der Waals surface area contributed by atoms with Gasteiger partial charge in [0, 0.05) is 25.5 Å². The summed E-state index contributed by atoms with van der Waals surface area (Å²) in [6.45, 7) is 9.48. The second-order valence-electron chi connectivity index (χ2n) is 14.3. The standard InChI is InChI=1S/C41H82N2/c1-4-7-10-13-15-17-19-21-22-24-26-28-30-33-36-41-42(37-34-31-12-9-6-3)39-40-43(41)38-35-32-29-27-25-23-20-18-16-14-11-8-5-2/h39-41H,4-38H2,1-3H3. The number of unbranched alkanes of at least 4 members (excludes halogenated alkanes) is 29. The molecule has 1 aliphatic heterocycles. The fraction of sp³-hybridized carbons (Fsp3) is 0.951. The number of hydrogen-bond donors (Lipinski definition) is 0. The van der Waals surface area contributed by atoms with Crippen molar-refractivity contribution >= 4 is 0 Å². The highest BCUT2D eigenvalue weighted by Gasteiger charge is 2.24. The lowest BCUT2D eigenvalue weighted by Crippen LogP contribution is -2.39. The van der Waals surface area contributed by atoms with Gasteiger partial charge in [0.25, 0.3) is 0 Å². The van der Waals surface area contributed by atoms with Crippen LogP contribution < -0.4 is 0 Å². The predicted molar refractivity (Wildman–Crippen MR) is 196 cm³/mol. The molecule has 43 heavy (non-hydrogen) atoms. The maximum Gasteiger partial charge on any atom is 0.101 e. The lowest BCUT2D eigenvalue weighted by atomic mass is 10.0. The highest BCUT2D eigenvalue weighted by Crippen LogP contribution is 2.24. The number of hydrogen-bond acceptors (Lipinski definition) is 2. The normalized spacial score (nSPS) is 14.9. The monoisotopic (exact) mass is 603 g/mol. The van der Waals surface area contributed by atoms with Gasteiger partial charge in [0.1, 0.15) is 6.17 Å². The van der Waals surface area contributed by atoms with Crippen molar-refractivity contribution in [1.82, 2.24) is 9.80 Å². The minimum absolute atomic E-state index is 0.640. The van der Waals surface area contributed by atoms with Gasteiger partial charge in [0.2, 0.25) is 0 Å². The third-order valence-corrected chi connectivity index (χ3v) is 10.1. The highest BCUT2D eigenvalue weighted by molar-refractivity contribution is 4.97. The maximum atomic E-state index is 2.72. The highest BCUT2D eigenvalue weighted by atomic mass is 15.4. The number of rotatable bonds is 35. The molecule has 2 nitrogen and oxygen atoms in total. The van der Waals surface area contributed by atoms with Crippen molar-refractivity contribution in [2.24, 2.45) is 0 Å². The van der Waals surface area contributed by atoms with Crippen LogP contribution in [0.4, 0.5) is 0 Å². The Hall–Kier alpha value is -0.660. The molecule has 0 radical (unpaired) electrons. The van der Waals surface area contributed by atoms with E-state index < -0.39 is 0 Å². The number of nitrogens with zero attached hydrogens (tertiary/aromatic N) is 2. The van der Waals surface area contributed by atoms with Gasteiger partial charge in [-0.1, -0.05) is 207 Å². The zero-order chi connectivity index (χ0) is 30.9. The second kappa shape index (κ2) is 32.7. The molecular weight excluding hydrogens is 520 g/mol. The van der Waals surface area contributed by atoms with Crippen LogP contribution in [0.3, 0.4) is 0 Å². The second-order valence-corrected chi connectivity index (χ2v) is 14.3. The summed E-state index contributed by atoms with van der Waals surface area (Å²) in [6, 6.07) is 0. The van der Waals surface area contributed by atoms with Crippen LogP contribution in [-0.2, 0) is 0 Å². The largest absolute Gasteiger partial charge is 0.356 e. The summed E-state index contributed by atoms with van der Waals surface area (Å²) in [5, 5.41) is 0. The Labute approximate surface area is 273 Å². The van der Waals surface area contributed by atoms with E-state index in [4.69, 9.17) is 0 Å². The Kier molecular flexibility index (Phi) is 30.7. The molecule has 0 N–H and O–H groups in total. The third kappa shape index (κ3) is 25.2. The van der Waals surface area contributed by atoms with Gasteiger partial charge in [-0.15, -0.1) is 0 Å². The quantitative estimate of drug-likeness (QED) is 0.0666. The van der Waals surface area contributed by atoms with E-state index in [1.165, 1.54) is 225 Å². The van der Waals surface area contributed by atoms with Gasteiger partial charge in [-0.05, 0) is 25.7 Å². The van der Waals surface area contributed by atoms with Crippen LogP contribution in [-0.4, -0.2) is 29.1 Å². The fourth-order valence-corrected chi connectivity index (χ4v) is 7.07. The Balaban J connectivity index is 2.14. The van der Waals surface area contributed by atoms with Crippen molar-refractivity contribution in [1.29, 1.82) is 0 Å². The van der Waals surface area contributed by atoms with Crippen LogP contribution in [0.2, 0.25) is 0 Å². The Morgan fingerprint density at radius 2 is 0.535 bits per heavy atom. The van der Waals surface area contributed by atoms with Gasteiger partial charge in [-0.2, -0.15) is 0 Å². The zero-order valence-electron chi connectivity index (χ0n) is 30.4. The molecule has 0 fully saturated rings. The minimum atomic E-state index is 0.640. The topological polar surface area (TPSA) is 6.48 Å². The lowest BCUT2D eigenvalue weighted by molar-refractivity contribution is 0.135. The molecule has 0 amide bonds. The van der Waals surface area contributed by atoms with E-state index in [1.807, 2.05) is 0 Å². The van der Waals surface area contributed by atoms with E-state index in [0.29, 0.717) is 6.17 Å². The molecule has 1 unspecified atom stereocenters.